The lowest BCUT2D eigenvalue weighted by Gasteiger charge is -1.99. The third-order valence-electron chi connectivity index (χ3n) is 3.23. The number of benzene rings is 1. The third kappa shape index (κ3) is 1.46. The summed E-state index contributed by atoms with van der Waals surface area (Å²) in [7, 11) is 1.79. The van der Waals surface area contributed by atoms with Gasteiger partial charge < -0.3 is 10.3 Å². The molecule has 3 aromatic heterocycles. The summed E-state index contributed by atoms with van der Waals surface area (Å²) in [4.78, 5) is 19.4. The molecule has 0 fully saturated rings. The van der Waals surface area contributed by atoms with Crippen LogP contribution in [0.5, 0.6) is 0 Å². The smallest absolute Gasteiger partial charge is 0.302 e. The van der Waals surface area contributed by atoms with E-state index in [1.54, 1.807) is 13.4 Å². The highest BCUT2D eigenvalue weighted by molar-refractivity contribution is 5.79. The molecule has 0 atom stereocenters. The number of rotatable bonds is 2. The summed E-state index contributed by atoms with van der Waals surface area (Å²) in [5.74, 6) is 1.30. The molecule has 0 saturated heterocycles. The van der Waals surface area contributed by atoms with E-state index in [1.165, 1.54) is 0 Å². The lowest BCUT2D eigenvalue weighted by Crippen LogP contribution is -2.31. The van der Waals surface area contributed by atoms with Crippen molar-refractivity contribution in [2.75, 3.05) is 12.4 Å². The zero-order chi connectivity index (χ0) is 13.5. The van der Waals surface area contributed by atoms with Gasteiger partial charge >= 0.3 is 5.95 Å². The van der Waals surface area contributed by atoms with E-state index in [9.17, 15) is 0 Å². The molecule has 7 nitrogen and oxygen atoms in total. The molecular formula is C13H12N7+. The molecule has 0 aliphatic rings. The van der Waals surface area contributed by atoms with E-state index in [-0.39, 0.29) is 0 Å². The number of fused-ring (bicyclic) bond motifs is 2. The first-order valence-corrected chi connectivity index (χ1v) is 6.24. The highest BCUT2D eigenvalue weighted by Crippen LogP contribution is 2.16. The van der Waals surface area contributed by atoms with Gasteiger partial charge in [0.25, 0.3) is 5.82 Å². The summed E-state index contributed by atoms with van der Waals surface area (Å²) < 4.78 is 1.98. The summed E-state index contributed by atoms with van der Waals surface area (Å²) >= 11 is 0. The molecule has 0 unspecified atom stereocenters. The zero-order valence-electron chi connectivity index (χ0n) is 10.8. The molecule has 0 aliphatic carbocycles. The van der Waals surface area contributed by atoms with Crippen LogP contribution in [0, 0.1) is 0 Å². The lowest BCUT2D eigenvalue weighted by molar-refractivity contribution is -0.569. The average Bonchev–Trinajstić information content (AvgIpc) is 3.12. The number of hydrogen-bond donors (Lipinski definition) is 3. The molecule has 4 aromatic rings. The Hall–Kier alpha value is -2.96. The number of aromatic nitrogens is 6. The van der Waals surface area contributed by atoms with E-state index >= 15 is 0 Å². The Morgan fingerprint density at radius 1 is 1.15 bits per heavy atom. The maximum absolute atomic E-state index is 4.53. The molecule has 20 heavy (non-hydrogen) atoms. The van der Waals surface area contributed by atoms with Gasteiger partial charge in [-0.05, 0) is 12.1 Å². The summed E-state index contributed by atoms with van der Waals surface area (Å²) in [5, 5.41) is 2.96. The molecule has 0 aliphatic heterocycles. The molecule has 0 bridgehead atoms. The van der Waals surface area contributed by atoms with Gasteiger partial charge in [-0.3, -0.25) is 4.98 Å². The van der Waals surface area contributed by atoms with Gasteiger partial charge in [-0.25, -0.2) is 4.98 Å². The van der Waals surface area contributed by atoms with Gasteiger partial charge in [-0.1, -0.05) is 17.1 Å². The van der Waals surface area contributed by atoms with E-state index in [2.05, 4.69) is 30.2 Å². The third-order valence-corrected chi connectivity index (χ3v) is 3.23. The topological polar surface area (TPSA) is 86.2 Å². The monoisotopic (exact) mass is 266 g/mol. The molecule has 7 heteroatoms. The number of imidazole rings is 2. The van der Waals surface area contributed by atoms with Crippen LogP contribution in [0.4, 0.5) is 5.95 Å². The van der Waals surface area contributed by atoms with Crippen molar-refractivity contribution in [3.63, 3.8) is 0 Å². The first-order valence-electron chi connectivity index (χ1n) is 6.24. The van der Waals surface area contributed by atoms with Gasteiger partial charge in [0.15, 0.2) is 17.5 Å². The van der Waals surface area contributed by atoms with Crippen LogP contribution in [-0.4, -0.2) is 32.0 Å². The molecule has 3 N–H and O–H groups in total. The van der Waals surface area contributed by atoms with E-state index < -0.39 is 0 Å². The van der Waals surface area contributed by atoms with Gasteiger partial charge in [0, 0.05) is 7.05 Å². The van der Waals surface area contributed by atoms with Gasteiger partial charge in [0.1, 0.15) is 11.0 Å². The second kappa shape index (κ2) is 4.02. The van der Waals surface area contributed by atoms with E-state index in [4.69, 9.17) is 0 Å². The molecular weight excluding hydrogens is 254 g/mol. The molecule has 4 rings (SSSR count). The first kappa shape index (κ1) is 10.9. The number of nitrogens with zero attached hydrogens (tertiary/aromatic N) is 4. The minimum atomic E-state index is 0.539. The lowest BCUT2D eigenvalue weighted by atomic mass is 10.3. The number of hydrogen-bond acceptors (Lipinski definition) is 4. The molecule has 0 saturated carbocycles. The molecule has 98 valence electrons. The van der Waals surface area contributed by atoms with Gasteiger partial charge in [-0.15, -0.1) is 0 Å². The molecule has 0 amide bonds. The normalized spacial score (nSPS) is 11.2. The van der Waals surface area contributed by atoms with Crippen molar-refractivity contribution in [1.82, 2.24) is 24.9 Å². The van der Waals surface area contributed by atoms with Crippen LogP contribution in [-0.2, 0) is 0 Å². The Bertz CT molecular complexity index is 905. The maximum Gasteiger partial charge on any atom is 0.302 e. The van der Waals surface area contributed by atoms with Crippen molar-refractivity contribution in [2.45, 2.75) is 0 Å². The van der Waals surface area contributed by atoms with Crippen LogP contribution in [0.15, 0.2) is 36.9 Å². The molecule has 0 spiro atoms. The van der Waals surface area contributed by atoms with Gasteiger partial charge in [0.2, 0.25) is 0 Å². The Kier molecular flexibility index (Phi) is 2.19. The summed E-state index contributed by atoms with van der Waals surface area (Å²) in [6, 6.07) is 8.05. The summed E-state index contributed by atoms with van der Waals surface area (Å²) in [6.07, 6.45) is 3.50. The minimum absolute atomic E-state index is 0.539. The number of H-pyrrole nitrogens is 2. The standard InChI is InChI=1S/C13H11N7/c1-14-13-18-11-10(15-6-16-11)12(19-13)20-7-17-8-4-2-3-5-9(8)20/h2-7H,1H3,(H2,14,15,16,18,19)/p+1. The van der Waals surface area contributed by atoms with Crippen LogP contribution in [0.3, 0.4) is 0 Å². The van der Waals surface area contributed by atoms with Crippen LogP contribution in [0.25, 0.3) is 28.0 Å². The minimum Gasteiger partial charge on any atom is -0.343 e. The van der Waals surface area contributed by atoms with Crippen molar-refractivity contribution in [3.8, 4) is 5.82 Å². The van der Waals surface area contributed by atoms with Crippen molar-refractivity contribution in [3.05, 3.63) is 36.9 Å². The Balaban J connectivity index is 2.08. The highest BCUT2D eigenvalue weighted by atomic mass is 15.2. The van der Waals surface area contributed by atoms with E-state index in [0.29, 0.717) is 11.6 Å². The van der Waals surface area contributed by atoms with Crippen LogP contribution >= 0.6 is 0 Å². The van der Waals surface area contributed by atoms with Crippen molar-refractivity contribution >= 4 is 28.1 Å². The van der Waals surface area contributed by atoms with Crippen LogP contribution in [0.2, 0.25) is 0 Å². The van der Waals surface area contributed by atoms with Gasteiger partial charge in [-0.2, -0.15) is 9.55 Å². The Morgan fingerprint density at radius 3 is 2.95 bits per heavy atom. The first-order chi connectivity index (χ1) is 9.86. The number of para-hydroxylation sites is 2. The average molecular weight is 266 g/mol. The number of nitrogens with one attached hydrogen (secondary N) is 3. The summed E-state index contributed by atoms with van der Waals surface area (Å²) in [6.45, 7) is 0. The molecule has 0 radical (unpaired) electrons. The Morgan fingerprint density at radius 2 is 2.05 bits per heavy atom. The predicted octanol–water partition coefficient (Wildman–Crippen LogP) is 1.15. The van der Waals surface area contributed by atoms with Crippen LogP contribution < -0.4 is 9.88 Å². The quantitative estimate of drug-likeness (QED) is 0.475. The van der Waals surface area contributed by atoms with Crippen molar-refractivity contribution in [1.29, 1.82) is 0 Å². The zero-order valence-corrected chi connectivity index (χ0v) is 10.8. The highest BCUT2D eigenvalue weighted by Gasteiger charge is 2.19. The van der Waals surface area contributed by atoms with Crippen molar-refractivity contribution in [2.24, 2.45) is 0 Å². The van der Waals surface area contributed by atoms with E-state index in [1.807, 2.05) is 35.2 Å². The second-order valence-electron chi connectivity index (χ2n) is 4.38. The van der Waals surface area contributed by atoms with Crippen LogP contribution in [0.1, 0.15) is 0 Å². The molecule has 3 heterocycles. The predicted molar refractivity (Wildman–Crippen MR) is 74.6 cm³/mol. The fraction of sp³-hybridized carbons (Fsp3) is 0.0769. The number of anilines is 1. The fourth-order valence-corrected chi connectivity index (χ4v) is 2.29. The fourth-order valence-electron chi connectivity index (χ4n) is 2.29. The number of aromatic amines is 2. The Labute approximate surface area is 113 Å². The molecule has 1 aromatic carbocycles. The van der Waals surface area contributed by atoms with Gasteiger partial charge in [0.05, 0.1) is 6.33 Å². The largest absolute Gasteiger partial charge is 0.343 e. The second-order valence-corrected chi connectivity index (χ2v) is 4.38. The van der Waals surface area contributed by atoms with E-state index in [0.717, 1.165) is 22.4 Å². The SMILES string of the molecule is CNc1nc(-[n+]2c[nH]c3ccccc32)c2[nH]cnc2n1. The van der Waals surface area contributed by atoms with Crippen molar-refractivity contribution < 1.29 is 4.57 Å². The maximum atomic E-state index is 4.53. The summed E-state index contributed by atoms with van der Waals surface area (Å²) in [5.41, 5.74) is 3.53.